The summed E-state index contributed by atoms with van der Waals surface area (Å²) >= 11 is 3.41. The Hall–Kier alpha value is -0.740. The Morgan fingerprint density at radius 2 is 2.20 bits per heavy atom. The van der Waals surface area contributed by atoms with Crippen LogP contribution in [-0.4, -0.2) is 29.2 Å². The predicted molar refractivity (Wildman–Crippen MR) is 85.2 cm³/mol. The lowest BCUT2D eigenvalue weighted by atomic mass is 10.0. The molecule has 20 heavy (non-hydrogen) atoms. The van der Waals surface area contributed by atoms with Crippen LogP contribution < -0.4 is 4.74 Å². The van der Waals surface area contributed by atoms with Gasteiger partial charge in [-0.15, -0.1) is 0 Å². The second-order valence-corrected chi connectivity index (χ2v) is 6.64. The Morgan fingerprint density at radius 3 is 2.85 bits per heavy atom. The van der Waals surface area contributed by atoms with E-state index in [1.54, 1.807) is 0 Å². The highest BCUT2D eigenvalue weighted by Crippen LogP contribution is 2.36. The van der Waals surface area contributed by atoms with E-state index in [1.807, 2.05) is 19.1 Å². The molecule has 0 aliphatic carbocycles. The fourth-order valence-corrected chi connectivity index (χ4v) is 3.51. The minimum Gasteiger partial charge on any atom is -0.503 e. The average Bonchev–Trinajstić information content (AvgIpc) is 2.84. The zero-order chi connectivity index (χ0) is 14.7. The van der Waals surface area contributed by atoms with Crippen molar-refractivity contribution in [1.29, 1.82) is 0 Å². The van der Waals surface area contributed by atoms with E-state index in [2.05, 4.69) is 34.7 Å². The summed E-state index contributed by atoms with van der Waals surface area (Å²) in [7, 11) is 0. The Morgan fingerprint density at radius 1 is 1.45 bits per heavy atom. The van der Waals surface area contributed by atoms with Crippen LogP contribution in [0.2, 0.25) is 0 Å². The molecule has 1 fully saturated rings. The van der Waals surface area contributed by atoms with Gasteiger partial charge in [0.2, 0.25) is 0 Å². The summed E-state index contributed by atoms with van der Waals surface area (Å²) in [5.74, 6) is 1.44. The number of likely N-dealkylation sites (tertiary alicyclic amines) is 1. The standard InChI is InChI=1S/C16H24BrNO2/c1-4-20-15-9-12(8-13(17)16(15)19)10-18-7-5-6-14(18)11(2)3/h8-9,11,14,19H,4-7,10H2,1-3H3. The lowest BCUT2D eigenvalue weighted by molar-refractivity contribution is 0.198. The van der Waals surface area contributed by atoms with Crippen molar-refractivity contribution in [2.24, 2.45) is 5.92 Å². The molecule has 1 aliphatic heterocycles. The number of phenolic OH excluding ortho intramolecular Hbond substituents is 1. The van der Waals surface area contributed by atoms with Gasteiger partial charge in [0, 0.05) is 12.6 Å². The van der Waals surface area contributed by atoms with Crippen LogP contribution >= 0.6 is 15.9 Å². The van der Waals surface area contributed by atoms with Crippen molar-refractivity contribution in [3.05, 3.63) is 22.2 Å². The molecule has 0 saturated carbocycles. The smallest absolute Gasteiger partial charge is 0.172 e. The number of nitrogens with zero attached hydrogens (tertiary/aromatic N) is 1. The normalized spacial score (nSPS) is 19.8. The lowest BCUT2D eigenvalue weighted by Gasteiger charge is -2.27. The van der Waals surface area contributed by atoms with E-state index in [9.17, 15) is 5.11 Å². The number of ether oxygens (including phenoxy) is 1. The van der Waals surface area contributed by atoms with Gasteiger partial charge in [-0.25, -0.2) is 0 Å². The minimum atomic E-state index is 0.192. The molecule has 1 atom stereocenters. The molecule has 4 heteroatoms. The molecule has 1 aromatic carbocycles. The van der Waals surface area contributed by atoms with Crippen LogP contribution in [0.4, 0.5) is 0 Å². The highest BCUT2D eigenvalue weighted by molar-refractivity contribution is 9.10. The minimum absolute atomic E-state index is 0.192. The van der Waals surface area contributed by atoms with Crippen molar-refractivity contribution in [1.82, 2.24) is 4.90 Å². The number of rotatable bonds is 5. The maximum absolute atomic E-state index is 9.97. The largest absolute Gasteiger partial charge is 0.503 e. The van der Waals surface area contributed by atoms with Gasteiger partial charge in [-0.3, -0.25) is 4.90 Å². The van der Waals surface area contributed by atoms with Gasteiger partial charge in [0.1, 0.15) is 0 Å². The first-order valence-electron chi connectivity index (χ1n) is 7.41. The Labute approximate surface area is 130 Å². The fraction of sp³-hybridized carbons (Fsp3) is 0.625. The van der Waals surface area contributed by atoms with E-state index in [0.29, 0.717) is 28.8 Å². The molecule has 0 bridgehead atoms. The maximum Gasteiger partial charge on any atom is 0.172 e. The van der Waals surface area contributed by atoms with Crippen LogP contribution in [0.3, 0.4) is 0 Å². The van der Waals surface area contributed by atoms with E-state index in [-0.39, 0.29) is 5.75 Å². The van der Waals surface area contributed by atoms with Crippen LogP contribution in [0.25, 0.3) is 0 Å². The monoisotopic (exact) mass is 341 g/mol. The van der Waals surface area contributed by atoms with Gasteiger partial charge < -0.3 is 9.84 Å². The predicted octanol–water partition coefficient (Wildman–Crippen LogP) is 4.17. The van der Waals surface area contributed by atoms with Gasteiger partial charge in [0.15, 0.2) is 11.5 Å². The zero-order valence-electron chi connectivity index (χ0n) is 12.5. The molecule has 1 aliphatic rings. The van der Waals surface area contributed by atoms with E-state index in [1.165, 1.54) is 18.4 Å². The molecule has 112 valence electrons. The third-order valence-electron chi connectivity index (χ3n) is 3.96. The summed E-state index contributed by atoms with van der Waals surface area (Å²) in [6.07, 6.45) is 2.57. The molecular formula is C16H24BrNO2. The van der Waals surface area contributed by atoms with Crippen molar-refractivity contribution < 1.29 is 9.84 Å². The Kier molecular flexibility index (Phi) is 5.33. The van der Waals surface area contributed by atoms with E-state index < -0.39 is 0 Å². The van der Waals surface area contributed by atoms with Crippen LogP contribution in [0.1, 0.15) is 39.2 Å². The molecule has 2 rings (SSSR count). The third-order valence-corrected chi connectivity index (χ3v) is 4.56. The second kappa shape index (κ2) is 6.81. The van der Waals surface area contributed by atoms with Gasteiger partial charge in [0.25, 0.3) is 0 Å². The lowest BCUT2D eigenvalue weighted by Crippen LogP contribution is -2.32. The number of phenols is 1. The third kappa shape index (κ3) is 3.47. The summed E-state index contributed by atoms with van der Waals surface area (Å²) in [6.45, 7) is 9.15. The first kappa shape index (κ1) is 15.6. The summed E-state index contributed by atoms with van der Waals surface area (Å²) in [5.41, 5.74) is 1.19. The topological polar surface area (TPSA) is 32.7 Å². The molecule has 1 aromatic rings. The van der Waals surface area contributed by atoms with Gasteiger partial charge >= 0.3 is 0 Å². The summed E-state index contributed by atoms with van der Waals surface area (Å²) < 4.78 is 6.21. The molecule has 1 heterocycles. The van der Waals surface area contributed by atoms with E-state index in [4.69, 9.17) is 4.74 Å². The van der Waals surface area contributed by atoms with Crippen LogP contribution in [0, 0.1) is 5.92 Å². The molecule has 1 N–H and O–H groups in total. The van der Waals surface area contributed by atoms with Gasteiger partial charge in [-0.05, 0) is 65.9 Å². The summed E-state index contributed by atoms with van der Waals surface area (Å²) in [4.78, 5) is 2.54. The van der Waals surface area contributed by atoms with Crippen molar-refractivity contribution in [2.75, 3.05) is 13.2 Å². The zero-order valence-corrected chi connectivity index (χ0v) is 14.1. The van der Waals surface area contributed by atoms with Crippen LogP contribution in [0.5, 0.6) is 11.5 Å². The Bertz CT molecular complexity index is 462. The quantitative estimate of drug-likeness (QED) is 0.872. The summed E-state index contributed by atoms with van der Waals surface area (Å²) in [5, 5.41) is 9.97. The average molecular weight is 342 g/mol. The molecule has 0 amide bonds. The van der Waals surface area contributed by atoms with Gasteiger partial charge in [0.05, 0.1) is 11.1 Å². The van der Waals surface area contributed by atoms with Crippen molar-refractivity contribution in [2.45, 2.75) is 46.2 Å². The van der Waals surface area contributed by atoms with Crippen molar-refractivity contribution >= 4 is 15.9 Å². The number of hydrogen-bond donors (Lipinski definition) is 1. The fourth-order valence-electron chi connectivity index (χ4n) is 3.02. The van der Waals surface area contributed by atoms with E-state index in [0.717, 1.165) is 13.1 Å². The molecular weight excluding hydrogens is 318 g/mol. The van der Waals surface area contributed by atoms with Gasteiger partial charge in [-0.2, -0.15) is 0 Å². The van der Waals surface area contributed by atoms with Crippen LogP contribution in [0.15, 0.2) is 16.6 Å². The first-order valence-corrected chi connectivity index (χ1v) is 8.20. The highest BCUT2D eigenvalue weighted by Gasteiger charge is 2.27. The molecule has 0 spiro atoms. The van der Waals surface area contributed by atoms with Crippen LogP contribution in [-0.2, 0) is 6.54 Å². The maximum atomic E-state index is 9.97. The first-order chi connectivity index (χ1) is 9.52. The molecule has 3 nitrogen and oxygen atoms in total. The van der Waals surface area contributed by atoms with Gasteiger partial charge in [-0.1, -0.05) is 13.8 Å². The number of hydrogen-bond acceptors (Lipinski definition) is 3. The number of halogens is 1. The second-order valence-electron chi connectivity index (χ2n) is 5.78. The molecule has 1 unspecified atom stereocenters. The molecule has 0 aromatic heterocycles. The highest BCUT2D eigenvalue weighted by atomic mass is 79.9. The number of benzene rings is 1. The molecule has 0 radical (unpaired) electrons. The van der Waals surface area contributed by atoms with Crippen molar-refractivity contribution in [3.63, 3.8) is 0 Å². The summed E-state index contributed by atoms with van der Waals surface area (Å²) in [6, 6.07) is 4.62. The number of aromatic hydroxyl groups is 1. The SMILES string of the molecule is CCOc1cc(CN2CCCC2C(C)C)cc(Br)c1O. The van der Waals surface area contributed by atoms with E-state index >= 15 is 0 Å². The molecule has 1 saturated heterocycles. The Balaban J connectivity index is 2.17. The van der Waals surface area contributed by atoms with Crippen molar-refractivity contribution in [3.8, 4) is 11.5 Å².